The number of anilines is 1. The van der Waals surface area contributed by atoms with Gasteiger partial charge in [0.15, 0.2) is 0 Å². The first-order valence-corrected chi connectivity index (χ1v) is 10.7. The van der Waals surface area contributed by atoms with Gasteiger partial charge in [0, 0.05) is 18.1 Å². The quantitative estimate of drug-likeness (QED) is 0.676. The summed E-state index contributed by atoms with van der Waals surface area (Å²) in [5.41, 5.74) is -1.54. The second-order valence-electron chi connectivity index (χ2n) is 6.83. The van der Waals surface area contributed by atoms with Crippen LogP contribution in [0.4, 0.5) is 23.2 Å². The van der Waals surface area contributed by atoms with Crippen molar-refractivity contribution in [3.05, 3.63) is 58.9 Å². The zero-order valence-corrected chi connectivity index (χ0v) is 17.0. The number of benzene rings is 2. The fraction of sp³-hybridized carbons (Fsp3) is 0.316. The Morgan fingerprint density at radius 1 is 1.13 bits per heavy atom. The standard InChI is InChI=1S/C19H17ClF4N2O3S/c20-13-3-8-17(16(10-13)19(22,23)24)25-18(27)12-2-1-9-26(11-12)30(28,29)15-6-4-14(21)5-7-15/h3-8,10,12H,1-2,9,11H2,(H,25,27)/t12-/m0/s1. The summed E-state index contributed by atoms with van der Waals surface area (Å²) in [4.78, 5) is 12.5. The third kappa shape index (κ3) is 4.93. The second-order valence-corrected chi connectivity index (χ2v) is 9.21. The average Bonchev–Trinajstić information content (AvgIpc) is 2.69. The van der Waals surface area contributed by atoms with Gasteiger partial charge in [-0.05, 0) is 55.3 Å². The van der Waals surface area contributed by atoms with E-state index < -0.39 is 45.1 Å². The average molecular weight is 465 g/mol. The number of alkyl halides is 3. The third-order valence-electron chi connectivity index (χ3n) is 4.75. The van der Waals surface area contributed by atoms with Crippen molar-refractivity contribution in [2.75, 3.05) is 18.4 Å². The Hall–Kier alpha value is -2.17. The van der Waals surface area contributed by atoms with Gasteiger partial charge in [0.05, 0.1) is 22.1 Å². The number of nitrogens with one attached hydrogen (secondary N) is 1. The largest absolute Gasteiger partial charge is 0.418 e. The van der Waals surface area contributed by atoms with Gasteiger partial charge in [-0.2, -0.15) is 17.5 Å². The van der Waals surface area contributed by atoms with Crippen LogP contribution in [0.15, 0.2) is 47.4 Å². The number of piperidine rings is 1. The van der Waals surface area contributed by atoms with Crippen molar-refractivity contribution in [3.63, 3.8) is 0 Å². The molecule has 5 nitrogen and oxygen atoms in total. The number of hydrogen-bond acceptors (Lipinski definition) is 3. The van der Waals surface area contributed by atoms with Crippen molar-refractivity contribution in [2.24, 2.45) is 5.92 Å². The smallest absolute Gasteiger partial charge is 0.325 e. The highest BCUT2D eigenvalue weighted by Crippen LogP contribution is 2.37. The van der Waals surface area contributed by atoms with Crippen molar-refractivity contribution in [1.29, 1.82) is 0 Å². The molecule has 0 radical (unpaired) electrons. The Morgan fingerprint density at radius 3 is 2.43 bits per heavy atom. The Labute approximate surface area is 175 Å². The van der Waals surface area contributed by atoms with Crippen LogP contribution in [0.2, 0.25) is 5.02 Å². The maximum absolute atomic E-state index is 13.2. The van der Waals surface area contributed by atoms with Gasteiger partial charge >= 0.3 is 6.18 Å². The molecule has 3 rings (SSSR count). The monoisotopic (exact) mass is 464 g/mol. The van der Waals surface area contributed by atoms with Crippen LogP contribution in [-0.2, 0) is 21.0 Å². The van der Waals surface area contributed by atoms with Crippen LogP contribution in [-0.4, -0.2) is 31.7 Å². The molecule has 1 amide bonds. The SMILES string of the molecule is O=C(Nc1ccc(Cl)cc1C(F)(F)F)[C@H]1CCCN(S(=O)(=O)c2ccc(F)cc2)C1. The first kappa shape index (κ1) is 22.5. The van der Waals surface area contributed by atoms with Crippen LogP contribution in [0.25, 0.3) is 0 Å². The van der Waals surface area contributed by atoms with E-state index >= 15 is 0 Å². The molecule has 2 aromatic carbocycles. The molecule has 11 heteroatoms. The van der Waals surface area contributed by atoms with Gasteiger partial charge < -0.3 is 5.32 Å². The summed E-state index contributed by atoms with van der Waals surface area (Å²) in [6, 6.07) is 7.26. The summed E-state index contributed by atoms with van der Waals surface area (Å²) in [6.07, 6.45) is -4.06. The molecule has 0 unspecified atom stereocenters. The van der Waals surface area contributed by atoms with Crippen LogP contribution in [0.3, 0.4) is 0 Å². The molecule has 0 spiro atoms. The number of sulfonamides is 1. The summed E-state index contributed by atoms with van der Waals surface area (Å²) in [5, 5.41) is 2.11. The minimum atomic E-state index is -4.72. The molecule has 1 atom stereocenters. The summed E-state index contributed by atoms with van der Waals surface area (Å²) in [6.45, 7) is -0.0429. The van der Waals surface area contributed by atoms with E-state index in [4.69, 9.17) is 11.6 Å². The van der Waals surface area contributed by atoms with E-state index in [1.54, 1.807) is 0 Å². The molecular weight excluding hydrogens is 448 g/mol. The summed E-state index contributed by atoms with van der Waals surface area (Å²) >= 11 is 5.64. The van der Waals surface area contributed by atoms with E-state index in [-0.39, 0.29) is 23.0 Å². The van der Waals surface area contributed by atoms with E-state index in [0.717, 1.165) is 34.6 Å². The molecule has 1 saturated heterocycles. The van der Waals surface area contributed by atoms with Gasteiger partial charge in [0.1, 0.15) is 5.82 Å². The van der Waals surface area contributed by atoms with Crippen LogP contribution in [0.1, 0.15) is 18.4 Å². The highest BCUT2D eigenvalue weighted by Gasteiger charge is 2.36. The summed E-state index contributed by atoms with van der Waals surface area (Å²) in [7, 11) is -3.97. The van der Waals surface area contributed by atoms with Gasteiger partial charge in [0.2, 0.25) is 15.9 Å². The van der Waals surface area contributed by atoms with Gasteiger partial charge in [-0.25, -0.2) is 12.8 Å². The molecule has 1 N–H and O–H groups in total. The predicted octanol–water partition coefficient (Wildman–Crippen LogP) is 4.54. The molecule has 162 valence electrons. The lowest BCUT2D eigenvalue weighted by Gasteiger charge is -2.31. The second kappa shape index (κ2) is 8.52. The highest BCUT2D eigenvalue weighted by atomic mass is 35.5. The lowest BCUT2D eigenvalue weighted by Crippen LogP contribution is -2.43. The fourth-order valence-corrected chi connectivity index (χ4v) is 4.92. The first-order valence-electron chi connectivity index (χ1n) is 8.92. The Morgan fingerprint density at radius 2 is 1.80 bits per heavy atom. The number of nitrogens with zero attached hydrogens (tertiary/aromatic N) is 1. The lowest BCUT2D eigenvalue weighted by molar-refractivity contribution is -0.137. The van der Waals surface area contributed by atoms with E-state index in [2.05, 4.69) is 5.32 Å². The Bertz CT molecular complexity index is 1040. The topological polar surface area (TPSA) is 66.5 Å². The Kier molecular flexibility index (Phi) is 6.40. The zero-order valence-electron chi connectivity index (χ0n) is 15.4. The highest BCUT2D eigenvalue weighted by molar-refractivity contribution is 7.89. The van der Waals surface area contributed by atoms with Crippen LogP contribution in [0.5, 0.6) is 0 Å². The molecule has 2 aromatic rings. The van der Waals surface area contributed by atoms with Crippen molar-refractivity contribution < 1.29 is 30.8 Å². The molecule has 1 aliphatic heterocycles. The number of carbonyl (C=O) groups excluding carboxylic acids is 1. The Balaban J connectivity index is 1.78. The molecular formula is C19H17ClF4N2O3S. The van der Waals surface area contributed by atoms with E-state index in [1.807, 2.05) is 0 Å². The number of hydrogen-bond donors (Lipinski definition) is 1. The maximum atomic E-state index is 13.2. The fourth-order valence-electron chi connectivity index (χ4n) is 3.23. The van der Waals surface area contributed by atoms with Gasteiger partial charge in [-0.1, -0.05) is 11.6 Å². The maximum Gasteiger partial charge on any atom is 0.418 e. The summed E-state index contributed by atoms with van der Waals surface area (Å²) < 4.78 is 79.4. The zero-order chi connectivity index (χ0) is 22.1. The molecule has 1 fully saturated rings. The molecule has 30 heavy (non-hydrogen) atoms. The minimum absolute atomic E-state index is 0.123. The lowest BCUT2D eigenvalue weighted by atomic mass is 9.98. The third-order valence-corrected chi connectivity index (χ3v) is 6.87. The van der Waals surface area contributed by atoms with Gasteiger partial charge in [0.25, 0.3) is 0 Å². The van der Waals surface area contributed by atoms with E-state index in [9.17, 15) is 30.8 Å². The van der Waals surface area contributed by atoms with E-state index in [0.29, 0.717) is 18.9 Å². The number of halogens is 5. The minimum Gasteiger partial charge on any atom is -0.325 e. The molecule has 0 bridgehead atoms. The van der Waals surface area contributed by atoms with Crippen molar-refractivity contribution in [2.45, 2.75) is 23.9 Å². The number of amides is 1. The van der Waals surface area contributed by atoms with Crippen LogP contribution < -0.4 is 5.32 Å². The van der Waals surface area contributed by atoms with Crippen molar-refractivity contribution >= 4 is 33.2 Å². The molecule has 0 saturated carbocycles. The molecule has 0 aromatic heterocycles. The molecule has 1 heterocycles. The van der Waals surface area contributed by atoms with Crippen LogP contribution in [0, 0.1) is 11.7 Å². The van der Waals surface area contributed by atoms with Crippen molar-refractivity contribution in [3.8, 4) is 0 Å². The molecule has 1 aliphatic rings. The predicted molar refractivity (Wildman–Crippen MR) is 103 cm³/mol. The normalized spacial score (nSPS) is 18.2. The number of rotatable bonds is 4. The van der Waals surface area contributed by atoms with Gasteiger partial charge in [-0.15, -0.1) is 0 Å². The van der Waals surface area contributed by atoms with E-state index in [1.165, 1.54) is 6.07 Å². The first-order chi connectivity index (χ1) is 14.0. The number of carbonyl (C=O) groups is 1. The van der Waals surface area contributed by atoms with Crippen molar-refractivity contribution in [1.82, 2.24) is 4.31 Å². The summed E-state index contributed by atoms with van der Waals surface area (Å²) in [5.74, 6) is -2.15. The molecule has 0 aliphatic carbocycles. The van der Waals surface area contributed by atoms with Crippen LogP contribution >= 0.6 is 11.6 Å². The van der Waals surface area contributed by atoms with Gasteiger partial charge in [-0.3, -0.25) is 4.79 Å².